The van der Waals surface area contributed by atoms with Crippen LogP contribution in [0.25, 0.3) is 33.3 Å². The molecule has 370 valence electrons. The van der Waals surface area contributed by atoms with Gasteiger partial charge in [0.15, 0.2) is 0 Å². The monoisotopic (exact) mass is 947 g/mol. The van der Waals surface area contributed by atoms with Crippen molar-refractivity contribution in [3.8, 4) is 28.1 Å². The van der Waals surface area contributed by atoms with Crippen molar-refractivity contribution in [2.75, 3.05) is 60.1 Å². The normalized spacial score (nSPS) is 22.2. The third-order valence-corrected chi connectivity index (χ3v) is 14.1. The number of nitrogens with zero attached hydrogens (tertiary/aromatic N) is 6. The molecule has 8 rings (SSSR count). The number of rotatable bonds is 12. The maximum Gasteiger partial charge on any atom is 0.324 e. The first-order chi connectivity index (χ1) is 32.8. The summed E-state index contributed by atoms with van der Waals surface area (Å²) in [5.74, 6) is -1.87. The second-order valence-corrected chi connectivity index (χ2v) is 21.1. The molecular formula is C53H70N8O8. The fourth-order valence-electron chi connectivity index (χ4n) is 10.4. The standard InChI is InChI=1S/C53H70N8O8/c1-10-60-43-16-15-35-23-39(43)40(48(60)38-13-11-17-54-46(38)31(2)3)24-53(6,7)30-69-52(67)41-14-12-18-61(56-41)50(65)42(21-33-19-36(35)22-37(62)20-33)55-49(64)47(32(4)5)58(9)45(63)27-57(8)51(66)44-26-59(44)25-34-28-68-29-34/h11,13,15-17,19-20,22-23,31-32,34,41-42,44,47,56,62H,10,12,14,18,21,24-30H2,1-9H3,(H,55,64)/t41-,42-,44+,47-,59?/m0/s1. The summed E-state index contributed by atoms with van der Waals surface area (Å²) in [6, 6.07) is 12.4. The van der Waals surface area contributed by atoms with Gasteiger partial charge in [0, 0.05) is 80.7 Å². The molecule has 3 N–H and O–H groups in total. The highest BCUT2D eigenvalue weighted by Gasteiger charge is 2.44. The molecular weight excluding hydrogens is 877 g/mol. The number of aromatic hydroxyl groups is 1. The molecule has 0 radical (unpaired) electrons. The van der Waals surface area contributed by atoms with E-state index in [1.807, 2.05) is 38.2 Å². The molecule has 16 nitrogen and oxygen atoms in total. The molecule has 6 heterocycles. The number of pyridine rings is 1. The Bertz CT molecular complexity index is 2600. The van der Waals surface area contributed by atoms with Crippen LogP contribution >= 0.6 is 0 Å². The first kappa shape index (κ1) is 49.6. The quantitative estimate of drug-likeness (QED) is 0.127. The zero-order chi connectivity index (χ0) is 49.5. The first-order valence-corrected chi connectivity index (χ1v) is 24.6. The van der Waals surface area contributed by atoms with Crippen LogP contribution < -0.4 is 10.7 Å². The topological polar surface area (TPSA) is 179 Å². The summed E-state index contributed by atoms with van der Waals surface area (Å²) < 4.78 is 13.7. The van der Waals surface area contributed by atoms with Crippen LogP contribution in [0.5, 0.6) is 5.75 Å². The highest BCUT2D eigenvalue weighted by Crippen LogP contribution is 2.42. The number of fused-ring (bicyclic) bond motifs is 6. The second-order valence-electron chi connectivity index (χ2n) is 21.1. The number of benzene rings is 2. The van der Waals surface area contributed by atoms with Gasteiger partial charge in [0.2, 0.25) is 17.7 Å². The SMILES string of the molecule is CCn1c(-c2cccnc2C(C)C)c2c3cc(ccc31)-c1cc(O)cc(c1)C[C@H](NC(=O)[C@H](C(C)C)N(C)C(=O)CN(C)C(=O)[C@H]1CN1CC1COC1)C(=O)N1CCC[C@H](N1)C(=O)OCC(C)(C)C2. The van der Waals surface area contributed by atoms with Crippen LogP contribution in [0.1, 0.15) is 84.0 Å². The lowest BCUT2D eigenvalue weighted by molar-refractivity contribution is -0.155. The summed E-state index contributed by atoms with van der Waals surface area (Å²) in [4.78, 5) is 80.1. The molecule has 0 spiro atoms. The minimum atomic E-state index is -1.17. The Hall–Kier alpha value is -5.84. The number of cyclic esters (lactones) is 1. The number of amides is 4. The van der Waals surface area contributed by atoms with Crippen LogP contribution in [0, 0.1) is 17.3 Å². The molecule has 3 saturated heterocycles. The van der Waals surface area contributed by atoms with E-state index in [9.17, 15) is 29.1 Å². The third kappa shape index (κ3) is 10.7. The van der Waals surface area contributed by atoms with E-state index in [0.29, 0.717) is 57.0 Å². The molecule has 2 aromatic carbocycles. The molecule has 5 atom stereocenters. The zero-order valence-electron chi connectivity index (χ0n) is 41.7. The Kier molecular flexibility index (Phi) is 14.5. The Morgan fingerprint density at radius 3 is 2.49 bits per heavy atom. The fraction of sp³-hybridized carbons (Fsp3) is 0.547. The number of likely N-dealkylation sites (N-methyl/N-ethyl adjacent to an activating group) is 2. The van der Waals surface area contributed by atoms with Crippen molar-refractivity contribution in [1.82, 2.24) is 40.0 Å². The number of carbonyl (C=O) groups excluding carboxylic acids is 5. The van der Waals surface area contributed by atoms with Crippen LogP contribution in [0.4, 0.5) is 0 Å². The number of hydrogen-bond acceptors (Lipinski definition) is 11. The molecule has 2 aromatic heterocycles. The summed E-state index contributed by atoms with van der Waals surface area (Å²) in [5, 5.41) is 16.8. The van der Waals surface area contributed by atoms with Crippen molar-refractivity contribution in [1.29, 1.82) is 0 Å². The minimum absolute atomic E-state index is 0.00558. The van der Waals surface area contributed by atoms with Gasteiger partial charge < -0.3 is 34.3 Å². The van der Waals surface area contributed by atoms with Gasteiger partial charge in [-0.3, -0.25) is 38.9 Å². The average Bonchev–Trinajstić information content (AvgIpc) is 4.01. The smallest absolute Gasteiger partial charge is 0.324 e. The first-order valence-electron chi connectivity index (χ1n) is 24.6. The molecule has 4 amide bonds. The molecule has 4 aliphatic heterocycles. The Morgan fingerprint density at radius 1 is 1.03 bits per heavy atom. The van der Waals surface area contributed by atoms with Gasteiger partial charge in [-0.1, -0.05) is 53.7 Å². The molecule has 16 heteroatoms. The third-order valence-electron chi connectivity index (χ3n) is 14.1. The van der Waals surface area contributed by atoms with Gasteiger partial charge in [-0.2, -0.15) is 0 Å². The number of esters is 1. The van der Waals surface area contributed by atoms with Gasteiger partial charge in [0.25, 0.3) is 5.91 Å². The molecule has 4 aliphatic rings. The van der Waals surface area contributed by atoms with Crippen LogP contribution in [0.3, 0.4) is 0 Å². The molecule has 6 bridgehead atoms. The van der Waals surface area contributed by atoms with Crippen molar-refractivity contribution < 1.29 is 38.6 Å². The maximum absolute atomic E-state index is 14.8. The number of carbonyl (C=O) groups is 5. The minimum Gasteiger partial charge on any atom is -0.508 e. The molecule has 0 aliphatic carbocycles. The number of phenols is 1. The van der Waals surface area contributed by atoms with E-state index >= 15 is 0 Å². The van der Waals surface area contributed by atoms with Crippen LogP contribution in [-0.4, -0.2) is 148 Å². The zero-order valence-corrected chi connectivity index (χ0v) is 41.7. The lowest BCUT2D eigenvalue weighted by atomic mass is 9.83. The van der Waals surface area contributed by atoms with Crippen molar-refractivity contribution in [2.24, 2.45) is 17.3 Å². The van der Waals surface area contributed by atoms with Gasteiger partial charge in [-0.25, -0.2) is 5.43 Å². The predicted molar refractivity (Wildman–Crippen MR) is 263 cm³/mol. The highest BCUT2D eigenvalue weighted by molar-refractivity contribution is 5.96. The molecule has 69 heavy (non-hydrogen) atoms. The number of hydrogen-bond donors (Lipinski definition) is 3. The molecule has 3 fully saturated rings. The highest BCUT2D eigenvalue weighted by atomic mass is 16.5. The van der Waals surface area contributed by atoms with Gasteiger partial charge in [0.1, 0.15) is 29.9 Å². The maximum atomic E-state index is 14.8. The number of phenolic OH excluding ortho intramolecular Hbond substituents is 1. The van der Waals surface area contributed by atoms with Crippen molar-refractivity contribution in [3.63, 3.8) is 0 Å². The summed E-state index contributed by atoms with van der Waals surface area (Å²) in [6.07, 6.45) is 3.35. The lowest BCUT2D eigenvalue weighted by Crippen LogP contribution is -2.62. The molecule has 1 unspecified atom stereocenters. The number of nitrogens with one attached hydrogen (secondary N) is 2. The van der Waals surface area contributed by atoms with Crippen LogP contribution in [-0.2, 0) is 52.8 Å². The van der Waals surface area contributed by atoms with E-state index in [1.54, 1.807) is 26.2 Å². The van der Waals surface area contributed by atoms with E-state index in [0.717, 1.165) is 51.1 Å². The Labute approximate surface area is 405 Å². The van der Waals surface area contributed by atoms with Gasteiger partial charge >= 0.3 is 5.97 Å². The van der Waals surface area contributed by atoms with E-state index in [2.05, 4.69) is 73.0 Å². The lowest BCUT2D eigenvalue weighted by Gasteiger charge is -2.37. The van der Waals surface area contributed by atoms with Crippen molar-refractivity contribution >= 4 is 40.5 Å². The van der Waals surface area contributed by atoms with Crippen molar-refractivity contribution in [3.05, 3.63) is 71.5 Å². The van der Waals surface area contributed by atoms with Gasteiger partial charge in [-0.15, -0.1) is 0 Å². The van der Waals surface area contributed by atoms with Crippen LogP contribution in [0.2, 0.25) is 0 Å². The van der Waals surface area contributed by atoms with E-state index < -0.39 is 47.2 Å². The molecule has 0 saturated carbocycles. The Morgan fingerprint density at radius 2 is 1.80 bits per heavy atom. The summed E-state index contributed by atoms with van der Waals surface area (Å²) in [5.41, 5.74) is 10.0. The number of aromatic nitrogens is 2. The Balaban J connectivity index is 1.13. The summed E-state index contributed by atoms with van der Waals surface area (Å²) >= 11 is 0. The van der Waals surface area contributed by atoms with Gasteiger partial charge in [0.05, 0.1) is 37.8 Å². The van der Waals surface area contributed by atoms with E-state index in [1.165, 1.54) is 14.8 Å². The largest absolute Gasteiger partial charge is 0.508 e. The number of hydrazine groups is 1. The van der Waals surface area contributed by atoms with E-state index in [4.69, 9.17) is 14.5 Å². The van der Waals surface area contributed by atoms with Gasteiger partial charge in [-0.05, 0) is 96.7 Å². The average molecular weight is 947 g/mol. The molecule has 4 aromatic rings. The fourth-order valence-corrected chi connectivity index (χ4v) is 10.4. The second kappa shape index (κ2) is 20.2. The number of ether oxygens (including phenoxy) is 2. The summed E-state index contributed by atoms with van der Waals surface area (Å²) in [7, 11) is 3.14. The number of aryl methyl sites for hydroxylation is 1. The van der Waals surface area contributed by atoms with Crippen molar-refractivity contribution in [2.45, 2.75) is 111 Å². The predicted octanol–water partition coefficient (Wildman–Crippen LogP) is 5.14. The van der Waals surface area contributed by atoms with Crippen LogP contribution in [0.15, 0.2) is 54.7 Å². The summed E-state index contributed by atoms with van der Waals surface area (Å²) in [6.45, 7) is 17.9. The van der Waals surface area contributed by atoms with E-state index in [-0.39, 0.29) is 55.7 Å².